The molecule has 1 N–H and O–H groups in total. The van der Waals surface area contributed by atoms with E-state index in [0.29, 0.717) is 12.1 Å². The summed E-state index contributed by atoms with van der Waals surface area (Å²) in [6.07, 6.45) is 3.23. The average Bonchev–Trinajstić information content (AvgIpc) is 2.28. The van der Waals surface area contributed by atoms with Crippen molar-refractivity contribution in [2.24, 2.45) is 0 Å². The maximum atomic E-state index is 10.8. The van der Waals surface area contributed by atoms with Gasteiger partial charge in [-0.25, -0.2) is 0 Å². The molecule has 1 rings (SSSR count). The van der Waals surface area contributed by atoms with Gasteiger partial charge in [-0.2, -0.15) is 0 Å². The molecule has 1 heterocycles. The number of hydrogen-bond acceptors (Lipinski definition) is 3. The summed E-state index contributed by atoms with van der Waals surface area (Å²) < 4.78 is 0. The van der Waals surface area contributed by atoms with Gasteiger partial charge in [0.25, 0.3) is 0 Å². The number of aliphatic carboxylic acids is 1. The van der Waals surface area contributed by atoms with Crippen molar-refractivity contribution in [1.82, 2.24) is 9.80 Å². The minimum Gasteiger partial charge on any atom is -0.480 e. The van der Waals surface area contributed by atoms with Gasteiger partial charge >= 0.3 is 5.97 Å². The van der Waals surface area contributed by atoms with Gasteiger partial charge in [-0.05, 0) is 52.7 Å². The molecule has 0 saturated carbocycles. The number of piperidine rings is 1. The Morgan fingerprint density at radius 3 is 2.41 bits per heavy atom. The summed E-state index contributed by atoms with van der Waals surface area (Å²) in [5.41, 5.74) is 0. The van der Waals surface area contributed by atoms with Crippen LogP contribution in [0.1, 0.15) is 40.0 Å². The molecule has 0 spiro atoms. The molecule has 100 valence electrons. The molecule has 0 amide bonds. The molecule has 4 heteroatoms. The van der Waals surface area contributed by atoms with Gasteiger partial charge < -0.3 is 10.0 Å². The highest BCUT2D eigenvalue weighted by Crippen LogP contribution is 2.18. The monoisotopic (exact) mass is 242 g/mol. The second kappa shape index (κ2) is 6.97. The largest absolute Gasteiger partial charge is 0.480 e. The molecular weight excluding hydrogens is 216 g/mol. The summed E-state index contributed by atoms with van der Waals surface area (Å²) >= 11 is 0. The summed E-state index contributed by atoms with van der Waals surface area (Å²) in [5.74, 6) is -0.704. The highest BCUT2D eigenvalue weighted by atomic mass is 16.4. The first kappa shape index (κ1) is 14.5. The minimum atomic E-state index is -0.704. The van der Waals surface area contributed by atoms with Gasteiger partial charge in [-0.3, -0.25) is 9.69 Å². The van der Waals surface area contributed by atoms with E-state index in [9.17, 15) is 4.79 Å². The fourth-order valence-electron chi connectivity index (χ4n) is 2.62. The second-order valence-corrected chi connectivity index (χ2v) is 5.23. The van der Waals surface area contributed by atoms with Crippen LogP contribution < -0.4 is 0 Å². The molecule has 0 aromatic carbocycles. The number of carbonyl (C=O) groups is 1. The number of carboxylic acid groups (broad SMARTS) is 1. The molecule has 1 aliphatic rings. The summed E-state index contributed by atoms with van der Waals surface area (Å²) in [4.78, 5) is 15.5. The normalized spacial score (nSPS) is 19.1. The molecule has 4 nitrogen and oxygen atoms in total. The molecule has 0 atom stereocenters. The van der Waals surface area contributed by atoms with Gasteiger partial charge in [0.1, 0.15) is 0 Å². The van der Waals surface area contributed by atoms with Gasteiger partial charge in [-0.15, -0.1) is 0 Å². The minimum absolute atomic E-state index is 0.195. The van der Waals surface area contributed by atoms with Crippen LogP contribution in [0, 0.1) is 0 Å². The Morgan fingerprint density at radius 1 is 1.41 bits per heavy atom. The fourth-order valence-corrected chi connectivity index (χ4v) is 2.62. The van der Waals surface area contributed by atoms with Crippen LogP contribution in [0.4, 0.5) is 0 Å². The van der Waals surface area contributed by atoms with Crippen LogP contribution in [0.3, 0.4) is 0 Å². The Bertz CT molecular complexity index is 236. The van der Waals surface area contributed by atoms with E-state index < -0.39 is 5.97 Å². The third-order valence-corrected chi connectivity index (χ3v) is 3.59. The van der Waals surface area contributed by atoms with Gasteiger partial charge in [0.2, 0.25) is 0 Å². The summed E-state index contributed by atoms with van der Waals surface area (Å²) in [6.45, 7) is 9.85. The Balaban J connectivity index is 2.45. The smallest absolute Gasteiger partial charge is 0.317 e. The number of rotatable bonds is 6. The zero-order valence-corrected chi connectivity index (χ0v) is 11.4. The van der Waals surface area contributed by atoms with E-state index in [4.69, 9.17) is 5.11 Å². The maximum absolute atomic E-state index is 10.8. The summed E-state index contributed by atoms with van der Waals surface area (Å²) in [6, 6.07) is 1.07. The molecule has 0 aliphatic carbocycles. The van der Waals surface area contributed by atoms with E-state index in [1.54, 1.807) is 0 Å². The van der Waals surface area contributed by atoms with E-state index in [2.05, 4.69) is 30.6 Å². The van der Waals surface area contributed by atoms with Gasteiger partial charge in [-0.1, -0.05) is 6.92 Å². The van der Waals surface area contributed by atoms with Gasteiger partial charge in [0.15, 0.2) is 0 Å². The molecule has 0 bridgehead atoms. The van der Waals surface area contributed by atoms with Crippen molar-refractivity contribution < 1.29 is 9.90 Å². The van der Waals surface area contributed by atoms with Crippen LogP contribution >= 0.6 is 0 Å². The van der Waals surface area contributed by atoms with Crippen molar-refractivity contribution in [2.75, 3.05) is 26.2 Å². The van der Waals surface area contributed by atoms with Gasteiger partial charge in [0, 0.05) is 12.1 Å². The number of nitrogens with zero attached hydrogens (tertiary/aromatic N) is 2. The van der Waals surface area contributed by atoms with Crippen LogP contribution in [0.5, 0.6) is 0 Å². The van der Waals surface area contributed by atoms with E-state index in [1.807, 2.05) is 0 Å². The lowest BCUT2D eigenvalue weighted by molar-refractivity contribution is -0.139. The van der Waals surface area contributed by atoms with Crippen LogP contribution in [0.25, 0.3) is 0 Å². The van der Waals surface area contributed by atoms with Crippen molar-refractivity contribution >= 4 is 5.97 Å². The molecule has 0 aromatic rings. The molecule has 0 unspecified atom stereocenters. The molecule has 17 heavy (non-hydrogen) atoms. The molecule has 0 aromatic heterocycles. The zero-order valence-electron chi connectivity index (χ0n) is 11.4. The third-order valence-electron chi connectivity index (χ3n) is 3.59. The number of likely N-dealkylation sites (tertiary alicyclic amines) is 1. The first-order valence-electron chi connectivity index (χ1n) is 6.74. The van der Waals surface area contributed by atoms with Gasteiger partial charge in [0.05, 0.1) is 6.54 Å². The van der Waals surface area contributed by atoms with Crippen molar-refractivity contribution in [2.45, 2.75) is 52.1 Å². The highest BCUT2D eigenvalue weighted by molar-refractivity contribution is 5.69. The van der Waals surface area contributed by atoms with Crippen molar-refractivity contribution in [1.29, 1.82) is 0 Å². The lowest BCUT2D eigenvalue weighted by atomic mass is 10.0. The quantitative estimate of drug-likeness (QED) is 0.769. The molecule has 1 aliphatic heterocycles. The SMILES string of the molecule is CCCN(CC(=O)O)C1CCN(C(C)C)CC1. The maximum Gasteiger partial charge on any atom is 0.317 e. The zero-order chi connectivity index (χ0) is 12.8. The predicted molar refractivity (Wildman–Crippen MR) is 69.2 cm³/mol. The lowest BCUT2D eigenvalue weighted by Gasteiger charge is -2.39. The molecule has 1 saturated heterocycles. The van der Waals surface area contributed by atoms with E-state index in [1.165, 1.54) is 0 Å². The van der Waals surface area contributed by atoms with Crippen molar-refractivity contribution in [3.8, 4) is 0 Å². The van der Waals surface area contributed by atoms with E-state index in [-0.39, 0.29) is 6.54 Å². The molecular formula is C13H26N2O2. The number of hydrogen-bond donors (Lipinski definition) is 1. The first-order valence-corrected chi connectivity index (χ1v) is 6.74. The van der Waals surface area contributed by atoms with Crippen molar-refractivity contribution in [3.63, 3.8) is 0 Å². The van der Waals surface area contributed by atoms with Crippen LogP contribution in [0.15, 0.2) is 0 Å². The molecule has 0 radical (unpaired) electrons. The summed E-state index contributed by atoms with van der Waals surface area (Å²) in [7, 11) is 0. The third kappa shape index (κ3) is 4.64. The van der Waals surface area contributed by atoms with Crippen molar-refractivity contribution in [3.05, 3.63) is 0 Å². The van der Waals surface area contributed by atoms with Crippen LogP contribution in [0.2, 0.25) is 0 Å². The van der Waals surface area contributed by atoms with Crippen LogP contribution in [-0.2, 0) is 4.79 Å². The Labute approximate surface area is 105 Å². The topological polar surface area (TPSA) is 43.8 Å². The predicted octanol–water partition coefficient (Wildman–Crippen LogP) is 1.66. The Hall–Kier alpha value is -0.610. The fraction of sp³-hybridized carbons (Fsp3) is 0.923. The van der Waals surface area contributed by atoms with E-state index in [0.717, 1.165) is 38.9 Å². The number of carboxylic acids is 1. The van der Waals surface area contributed by atoms with E-state index >= 15 is 0 Å². The second-order valence-electron chi connectivity index (χ2n) is 5.23. The Kier molecular flexibility index (Phi) is 5.92. The summed E-state index contributed by atoms with van der Waals surface area (Å²) in [5, 5.41) is 8.93. The highest BCUT2D eigenvalue weighted by Gasteiger charge is 2.26. The molecule has 1 fully saturated rings. The Morgan fingerprint density at radius 2 is 2.00 bits per heavy atom. The first-order chi connectivity index (χ1) is 8.04. The standard InChI is InChI=1S/C13H26N2O2/c1-4-7-15(10-13(16)17)12-5-8-14(9-6-12)11(2)3/h11-12H,4-10H2,1-3H3,(H,16,17). The van der Waals surface area contributed by atoms with Crippen LogP contribution in [-0.4, -0.2) is 59.1 Å². The average molecular weight is 242 g/mol. The lowest BCUT2D eigenvalue weighted by Crippen LogP contribution is -2.48.